The molecule has 18 heavy (non-hydrogen) atoms. The summed E-state index contributed by atoms with van der Waals surface area (Å²) < 4.78 is 27.0. The van der Waals surface area contributed by atoms with Crippen molar-refractivity contribution in [1.29, 1.82) is 0 Å². The van der Waals surface area contributed by atoms with Crippen molar-refractivity contribution in [3.05, 3.63) is 38.4 Å². The van der Waals surface area contributed by atoms with Gasteiger partial charge in [-0.05, 0) is 40.8 Å². The molecule has 98 valence electrons. The smallest absolute Gasteiger partial charge is 0.336 e. The number of aromatic carboxylic acids is 1. The second-order valence-corrected chi connectivity index (χ2v) is 7.34. The van der Waals surface area contributed by atoms with Gasteiger partial charge in [0, 0.05) is 14.6 Å². The largest absolute Gasteiger partial charge is 0.478 e. The van der Waals surface area contributed by atoms with Crippen LogP contribution in [0.15, 0.2) is 34.2 Å². The van der Waals surface area contributed by atoms with E-state index in [-0.39, 0.29) is 17.0 Å². The van der Waals surface area contributed by atoms with Crippen LogP contribution in [0.5, 0.6) is 0 Å². The van der Waals surface area contributed by atoms with Crippen molar-refractivity contribution >= 4 is 54.5 Å². The summed E-state index contributed by atoms with van der Waals surface area (Å²) in [5, 5.41) is 8.93. The third-order valence-electron chi connectivity index (χ3n) is 1.93. The maximum absolute atomic E-state index is 11.9. The van der Waals surface area contributed by atoms with E-state index in [0.29, 0.717) is 8.05 Å². The molecular formula is C10H9BrINO4S. The van der Waals surface area contributed by atoms with Gasteiger partial charge in [0.25, 0.3) is 0 Å². The Morgan fingerprint density at radius 3 is 2.61 bits per heavy atom. The number of benzene rings is 1. The molecule has 0 amide bonds. The molecule has 1 aromatic carbocycles. The Labute approximate surface area is 127 Å². The molecule has 0 atom stereocenters. The second-order valence-electron chi connectivity index (χ2n) is 3.29. The van der Waals surface area contributed by atoms with E-state index in [1.54, 1.807) is 0 Å². The highest BCUT2D eigenvalue weighted by molar-refractivity contribution is 14.1. The second kappa shape index (κ2) is 6.13. The van der Waals surface area contributed by atoms with Crippen LogP contribution in [0.2, 0.25) is 0 Å². The molecule has 0 saturated carbocycles. The average Bonchev–Trinajstić information content (AvgIpc) is 2.26. The molecule has 0 radical (unpaired) electrons. The van der Waals surface area contributed by atoms with Gasteiger partial charge in [0.2, 0.25) is 10.0 Å². The molecule has 0 saturated heterocycles. The third kappa shape index (κ3) is 4.04. The molecular weight excluding hydrogens is 437 g/mol. The van der Waals surface area contributed by atoms with E-state index in [1.165, 1.54) is 12.1 Å². The zero-order valence-electron chi connectivity index (χ0n) is 8.98. The van der Waals surface area contributed by atoms with Gasteiger partial charge in [0.1, 0.15) is 0 Å². The molecule has 0 aliphatic heterocycles. The van der Waals surface area contributed by atoms with E-state index in [9.17, 15) is 13.2 Å². The van der Waals surface area contributed by atoms with Gasteiger partial charge in [-0.3, -0.25) is 0 Å². The monoisotopic (exact) mass is 445 g/mol. The number of hydrogen-bond donors (Lipinski definition) is 2. The van der Waals surface area contributed by atoms with Gasteiger partial charge in [-0.2, -0.15) is 0 Å². The molecule has 2 N–H and O–H groups in total. The van der Waals surface area contributed by atoms with Crippen molar-refractivity contribution in [2.24, 2.45) is 0 Å². The first-order valence-corrected chi connectivity index (χ1v) is 7.95. The van der Waals surface area contributed by atoms with Crippen LogP contribution in [0.3, 0.4) is 0 Å². The van der Waals surface area contributed by atoms with Crippen LogP contribution in [0.4, 0.5) is 0 Å². The van der Waals surface area contributed by atoms with Crippen LogP contribution in [0, 0.1) is 3.57 Å². The highest BCUT2D eigenvalue weighted by Gasteiger charge is 2.17. The van der Waals surface area contributed by atoms with E-state index in [2.05, 4.69) is 27.2 Å². The van der Waals surface area contributed by atoms with E-state index < -0.39 is 16.0 Å². The quantitative estimate of drug-likeness (QED) is 0.680. The number of carboxylic acid groups (broad SMARTS) is 1. The summed E-state index contributed by atoms with van der Waals surface area (Å²) in [6.45, 7) is 3.54. The average molecular weight is 446 g/mol. The van der Waals surface area contributed by atoms with Crippen molar-refractivity contribution in [2.75, 3.05) is 6.54 Å². The molecule has 1 aromatic rings. The fourth-order valence-electron chi connectivity index (χ4n) is 1.09. The predicted octanol–water partition coefficient (Wildman–Crippen LogP) is 2.18. The zero-order chi connectivity index (χ0) is 13.9. The van der Waals surface area contributed by atoms with E-state index in [0.717, 1.165) is 6.07 Å². The van der Waals surface area contributed by atoms with Gasteiger partial charge >= 0.3 is 5.97 Å². The molecule has 0 spiro atoms. The SMILES string of the molecule is C=C(Br)CNS(=O)(=O)c1ccc(I)c(C(=O)O)c1. The van der Waals surface area contributed by atoms with E-state index in [1.807, 2.05) is 22.6 Å². The summed E-state index contributed by atoms with van der Waals surface area (Å²) in [4.78, 5) is 10.8. The minimum Gasteiger partial charge on any atom is -0.478 e. The summed E-state index contributed by atoms with van der Waals surface area (Å²) in [7, 11) is -3.74. The Bertz CT molecular complexity index is 600. The normalized spacial score (nSPS) is 11.2. The van der Waals surface area contributed by atoms with Crippen LogP contribution in [0.25, 0.3) is 0 Å². The molecule has 0 bridgehead atoms. The molecule has 0 heterocycles. The third-order valence-corrected chi connectivity index (χ3v) is 4.55. The van der Waals surface area contributed by atoms with Crippen LogP contribution >= 0.6 is 38.5 Å². The Kier molecular flexibility index (Phi) is 5.32. The van der Waals surface area contributed by atoms with Gasteiger partial charge in [-0.15, -0.1) is 0 Å². The van der Waals surface area contributed by atoms with Gasteiger partial charge in [-0.1, -0.05) is 22.5 Å². The van der Waals surface area contributed by atoms with Crippen molar-refractivity contribution in [2.45, 2.75) is 4.90 Å². The van der Waals surface area contributed by atoms with Crippen LogP contribution in [-0.4, -0.2) is 26.0 Å². The maximum atomic E-state index is 11.9. The van der Waals surface area contributed by atoms with Crippen LogP contribution < -0.4 is 4.72 Å². The number of carboxylic acids is 1. The number of rotatable bonds is 5. The van der Waals surface area contributed by atoms with Crippen molar-refractivity contribution in [3.63, 3.8) is 0 Å². The Balaban J connectivity index is 3.14. The summed E-state index contributed by atoms with van der Waals surface area (Å²) in [6.07, 6.45) is 0. The lowest BCUT2D eigenvalue weighted by Gasteiger charge is -2.07. The van der Waals surface area contributed by atoms with Crippen molar-refractivity contribution < 1.29 is 18.3 Å². The molecule has 0 aliphatic carbocycles. The number of hydrogen-bond acceptors (Lipinski definition) is 3. The summed E-state index contributed by atoms with van der Waals surface area (Å²) in [5.41, 5.74) is -0.0452. The molecule has 0 aliphatic rings. The first kappa shape index (κ1) is 15.6. The molecule has 0 aromatic heterocycles. The number of carbonyl (C=O) groups is 1. The van der Waals surface area contributed by atoms with Gasteiger partial charge < -0.3 is 5.11 Å². The molecule has 5 nitrogen and oxygen atoms in total. The van der Waals surface area contributed by atoms with Gasteiger partial charge in [-0.25, -0.2) is 17.9 Å². The standard InChI is InChI=1S/C10H9BrINO4S/c1-6(11)5-13-18(16,17)7-2-3-9(12)8(4-7)10(14)15/h2-4,13H,1,5H2,(H,14,15). The van der Waals surface area contributed by atoms with Crippen molar-refractivity contribution in [3.8, 4) is 0 Å². The zero-order valence-corrected chi connectivity index (χ0v) is 13.5. The Morgan fingerprint density at radius 1 is 1.50 bits per heavy atom. The minimum atomic E-state index is -3.74. The maximum Gasteiger partial charge on any atom is 0.336 e. The molecule has 0 unspecified atom stereocenters. The minimum absolute atomic E-state index is 0.0384. The summed E-state index contributed by atoms with van der Waals surface area (Å²) in [5.74, 6) is -1.17. The molecule has 0 fully saturated rings. The lowest BCUT2D eigenvalue weighted by atomic mass is 10.2. The van der Waals surface area contributed by atoms with E-state index in [4.69, 9.17) is 5.11 Å². The lowest BCUT2D eigenvalue weighted by Crippen LogP contribution is -2.25. The number of nitrogens with one attached hydrogen (secondary N) is 1. The van der Waals surface area contributed by atoms with Gasteiger partial charge in [0.15, 0.2) is 0 Å². The van der Waals surface area contributed by atoms with Gasteiger partial charge in [0.05, 0.1) is 10.5 Å². The van der Waals surface area contributed by atoms with E-state index >= 15 is 0 Å². The number of sulfonamides is 1. The fraction of sp³-hybridized carbons (Fsp3) is 0.100. The summed E-state index contributed by atoms with van der Waals surface area (Å²) >= 11 is 4.87. The predicted molar refractivity (Wildman–Crippen MR) is 79.4 cm³/mol. The Morgan fingerprint density at radius 2 is 2.11 bits per heavy atom. The van der Waals surface area contributed by atoms with Crippen LogP contribution in [0.1, 0.15) is 10.4 Å². The van der Waals surface area contributed by atoms with Crippen molar-refractivity contribution in [1.82, 2.24) is 4.72 Å². The highest BCUT2D eigenvalue weighted by Crippen LogP contribution is 2.18. The Hall–Kier alpha value is -0.450. The fourth-order valence-corrected chi connectivity index (χ4v) is 3.04. The first-order valence-electron chi connectivity index (χ1n) is 4.60. The molecule has 8 heteroatoms. The summed E-state index contributed by atoms with van der Waals surface area (Å²) in [6, 6.07) is 3.93. The number of halogens is 2. The molecule has 1 rings (SSSR count). The van der Waals surface area contributed by atoms with Crippen LogP contribution in [-0.2, 0) is 10.0 Å². The topological polar surface area (TPSA) is 83.5 Å². The lowest BCUT2D eigenvalue weighted by molar-refractivity contribution is 0.0695. The highest BCUT2D eigenvalue weighted by atomic mass is 127. The first-order chi connectivity index (χ1) is 8.24.